The SMILES string of the molecule is CC1(C)Cc2ccc(C(C)(C)C)cc2C(N)C1. The van der Waals surface area contributed by atoms with Gasteiger partial charge in [-0.3, -0.25) is 0 Å². The van der Waals surface area contributed by atoms with Crippen molar-refractivity contribution in [2.75, 3.05) is 0 Å². The summed E-state index contributed by atoms with van der Waals surface area (Å²) in [4.78, 5) is 0. The highest BCUT2D eigenvalue weighted by Gasteiger charge is 2.30. The molecule has 0 saturated carbocycles. The van der Waals surface area contributed by atoms with Crippen molar-refractivity contribution in [2.45, 2.75) is 58.9 Å². The van der Waals surface area contributed by atoms with Crippen molar-refractivity contribution in [1.29, 1.82) is 0 Å². The Bertz CT molecular complexity index is 424. The smallest absolute Gasteiger partial charge is 0.0302 e. The molecule has 0 aromatic heterocycles. The second kappa shape index (κ2) is 3.84. The second-order valence-electron chi connectivity index (χ2n) is 7.32. The van der Waals surface area contributed by atoms with E-state index in [-0.39, 0.29) is 11.5 Å². The van der Waals surface area contributed by atoms with Crippen LogP contribution in [0, 0.1) is 5.41 Å². The molecule has 17 heavy (non-hydrogen) atoms. The molecule has 2 rings (SSSR count). The molecule has 1 aliphatic rings. The fourth-order valence-electron chi connectivity index (χ4n) is 2.86. The Morgan fingerprint density at radius 2 is 1.88 bits per heavy atom. The lowest BCUT2D eigenvalue weighted by atomic mass is 9.71. The zero-order valence-electron chi connectivity index (χ0n) is 11.8. The standard InChI is InChI=1S/C16H25N/c1-15(2,3)12-7-6-11-9-16(4,5)10-14(17)13(11)8-12/h6-8,14H,9-10,17H2,1-5H3. The fourth-order valence-corrected chi connectivity index (χ4v) is 2.86. The van der Waals surface area contributed by atoms with E-state index in [0.29, 0.717) is 5.41 Å². The molecule has 0 aliphatic heterocycles. The number of fused-ring (bicyclic) bond motifs is 1. The summed E-state index contributed by atoms with van der Waals surface area (Å²) in [6, 6.07) is 7.09. The first-order chi connectivity index (χ1) is 7.69. The minimum absolute atomic E-state index is 0.205. The molecule has 1 atom stereocenters. The van der Waals surface area contributed by atoms with Crippen molar-refractivity contribution in [3.05, 3.63) is 34.9 Å². The minimum Gasteiger partial charge on any atom is -0.324 e. The molecular weight excluding hydrogens is 206 g/mol. The summed E-state index contributed by atoms with van der Waals surface area (Å²) >= 11 is 0. The molecule has 0 bridgehead atoms. The Kier molecular flexibility index (Phi) is 2.86. The molecule has 0 saturated heterocycles. The van der Waals surface area contributed by atoms with Gasteiger partial charge in [0.25, 0.3) is 0 Å². The van der Waals surface area contributed by atoms with Gasteiger partial charge in [0.15, 0.2) is 0 Å². The molecule has 0 amide bonds. The lowest BCUT2D eigenvalue weighted by molar-refractivity contribution is 0.283. The van der Waals surface area contributed by atoms with Crippen molar-refractivity contribution in [3.63, 3.8) is 0 Å². The van der Waals surface area contributed by atoms with Crippen LogP contribution in [0.15, 0.2) is 18.2 Å². The van der Waals surface area contributed by atoms with Gasteiger partial charge in [-0.25, -0.2) is 0 Å². The molecule has 1 aromatic rings. The zero-order chi connectivity index (χ0) is 12.8. The molecule has 0 spiro atoms. The quantitative estimate of drug-likeness (QED) is 0.718. The van der Waals surface area contributed by atoms with Crippen molar-refractivity contribution in [3.8, 4) is 0 Å². The molecule has 94 valence electrons. The highest BCUT2D eigenvalue weighted by atomic mass is 14.7. The van der Waals surface area contributed by atoms with Crippen LogP contribution in [0.2, 0.25) is 0 Å². The maximum Gasteiger partial charge on any atom is 0.0302 e. The van der Waals surface area contributed by atoms with Crippen LogP contribution in [0.4, 0.5) is 0 Å². The van der Waals surface area contributed by atoms with E-state index in [9.17, 15) is 0 Å². The Hall–Kier alpha value is -0.820. The molecule has 1 nitrogen and oxygen atoms in total. The maximum absolute atomic E-state index is 6.33. The van der Waals surface area contributed by atoms with E-state index < -0.39 is 0 Å². The van der Waals surface area contributed by atoms with Gasteiger partial charge in [0.05, 0.1) is 0 Å². The Morgan fingerprint density at radius 1 is 1.24 bits per heavy atom. The van der Waals surface area contributed by atoms with Gasteiger partial charge in [-0.2, -0.15) is 0 Å². The van der Waals surface area contributed by atoms with E-state index >= 15 is 0 Å². The number of rotatable bonds is 0. The summed E-state index contributed by atoms with van der Waals surface area (Å²) in [5.74, 6) is 0. The first-order valence-electron chi connectivity index (χ1n) is 6.58. The number of hydrogen-bond acceptors (Lipinski definition) is 1. The van der Waals surface area contributed by atoms with E-state index in [4.69, 9.17) is 5.73 Å². The van der Waals surface area contributed by atoms with E-state index in [1.165, 1.54) is 16.7 Å². The van der Waals surface area contributed by atoms with Crippen LogP contribution in [0.3, 0.4) is 0 Å². The van der Waals surface area contributed by atoms with Crippen LogP contribution in [-0.4, -0.2) is 0 Å². The van der Waals surface area contributed by atoms with Crippen molar-refractivity contribution < 1.29 is 0 Å². The topological polar surface area (TPSA) is 26.0 Å². The van der Waals surface area contributed by atoms with Gasteiger partial charge in [0, 0.05) is 6.04 Å². The summed E-state index contributed by atoms with van der Waals surface area (Å²) in [7, 11) is 0. The summed E-state index contributed by atoms with van der Waals surface area (Å²) in [6.45, 7) is 11.4. The summed E-state index contributed by atoms with van der Waals surface area (Å²) in [5, 5.41) is 0. The third-order valence-electron chi connectivity index (χ3n) is 3.85. The average Bonchev–Trinajstić information content (AvgIpc) is 2.13. The number of hydrogen-bond donors (Lipinski definition) is 1. The maximum atomic E-state index is 6.33. The normalized spacial score (nSPS) is 23.3. The van der Waals surface area contributed by atoms with Crippen LogP contribution < -0.4 is 5.73 Å². The molecule has 1 aliphatic carbocycles. The number of benzene rings is 1. The first kappa shape index (κ1) is 12.6. The molecule has 0 radical (unpaired) electrons. The van der Waals surface area contributed by atoms with E-state index in [2.05, 4.69) is 52.8 Å². The summed E-state index contributed by atoms with van der Waals surface area (Å²) in [5.41, 5.74) is 11.1. The zero-order valence-corrected chi connectivity index (χ0v) is 11.8. The largest absolute Gasteiger partial charge is 0.324 e. The molecule has 1 aromatic carbocycles. The first-order valence-corrected chi connectivity index (χ1v) is 6.58. The molecule has 0 heterocycles. The van der Waals surface area contributed by atoms with Gasteiger partial charge in [-0.1, -0.05) is 52.8 Å². The van der Waals surface area contributed by atoms with E-state index in [1.54, 1.807) is 0 Å². The number of nitrogens with two attached hydrogens (primary N) is 1. The predicted octanol–water partition coefficient (Wildman–Crippen LogP) is 3.96. The highest BCUT2D eigenvalue weighted by molar-refractivity contribution is 5.39. The second-order valence-corrected chi connectivity index (χ2v) is 7.32. The molecule has 1 heteroatoms. The van der Waals surface area contributed by atoms with Gasteiger partial charge in [-0.05, 0) is 40.4 Å². The Morgan fingerprint density at radius 3 is 2.47 bits per heavy atom. The van der Waals surface area contributed by atoms with Gasteiger partial charge in [-0.15, -0.1) is 0 Å². The minimum atomic E-state index is 0.205. The van der Waals surface area contributed by atoms with Gasteiger partial charge < -0.3 is 5.73 Å². The lowest BCUT2D eigenvalue weighted by Gasteiger charge is -2.36. The third kappa shape index (κ3) is 2.55. The monoisotopic (exact) mass is 231 g/mol. The third-order valence-corrected chi connectivity index (χ3v) is 3.85. The predicted molar refractivity (Wildman–Crippen MR) is 74.2 cm³/mol. The van der Waals surface area contributed by atoms with Crippen molar-refractivity contribution >= 4 is 0 Å². The molecule has 0 fully saturated rings. The molecule has 2 N–H and O–H groups in total. The molecule has 1 unspecified atom stereocenters. The van der Waals surface area contributed by atoms with E-state index in [0.717, 1.165) is 12.8 Å². The summed E-state index contributed by atoms with van der Waals surface area (Å²) < 4.78 is 0. The van der Waals surface area contributed by atoms with Crippen LogP contribution in [-0.2, 0) is 11.8 Å². The average molecular weight is 231 g/mol. The highest BCUT2D eigenvalue weighted by Crippen LogP contribution is 2.40. The van der Waals surface area contributed by atoms with Crippen LogP contribution >= 0.6 is 0 Å². The lowest BCUT2D eigenvalue weighted by Crippen LogP contribution is -2.30. The van der Waals surface area contributed by atoms with Crippen molar-refractivity contribution in [1.82, 2.24) is 0 Å². The van der Waals surface area contributed by atoms with Gasteiger partial charge >= 0.3 is 0 Å². The Labute approximate surface area is 105 Å². The summed E-state index contributed by atoms with van der Waals surface area (Å²) in [6.07, 6.45) is 2.24. The fraction of sp³-hybridized carbons (Fsp3) is 0.625. The van der Waals surface area contributed by atoms with Crippen LogP contribution in [0.25, 0.3) is 0 Å². The van der Waals surface area contributed by atoms with Gasteiger partial charge in [0.2, 0.25) is 0 Å². The Balaban J connectivity index is 2.44. The van der Waals surface area contributed by atoms with Crippen LogP contribution in [0.5, 0.6) is 0 Å². The molecular formula is C16H25N. The van der Waals surface area contributed by atoms with Crippen molar-refractivity contribution in [2.24, 2.45) is 11.1 Å². The van der Waals surface area contributed by atoms with Crippen LogP contribution in [0.1, 0.15) is 63.8 Å². The van der Waals surface area contributed by atoms with E-state index in [1.807, 2.05) is 0 Å². The van der Waals surface area contributed by atoms with Gasteiger partial charge in [0.1, 0.15) is 0 Å².